The summed E-state index contributed by atoms with van der Waals surface area (Å²) in [5.74, 6) is -0.833. The lowest BCUT2D eigenvalue weighted by molar-refractivity contribution is -0.134. The highest BCUT2D eigenvalue weighted by atomic mass is 16.4. The Hall–Kier alpha value is -0.610. The quantitative estimate of drug-likeness (QED) is 0.685. The average Bonchev–Trinajstić information content (AvgIpc) is 1.97. The van der Waals surface area contributed by atoms with E-state index in [1.807, 2.05) is 0 Å². The summed E-state index contributed by atoms with van der Waals surface area (Å²) in [5, 5.41) is 9.68. The zero-order valence-electron chi connectivity index (χ0n) is 10.2. The molecule has 0 heterocycles. The van der Waals surface area contributed by atoms with E-state index in [1.165, 1.54) is 0 Å². The molecule has 0 aromatic rings. The van der Waals surface area contributed by atoms with Gasteiger partial charge in [-0.2, -0.15) is 0 Å². The predicted octanol–water partition coefficient (Wildman–Crippen LogP) is 1.72. The second-order valence-corrected chi connectivity index (χ2v) is 3.63. The minimum Gasteiger partial charge on any atom is -0.481 e. The first kappa shape index (κ1) is 15.8. The van der Waals surface area contributed by atoms with Crippen LogP contribution in [0.25, 0.3) is 0 Å². The van der Waals surface area contributed by atoms with Crippen LogP contribution in [0.4, 0.5) is 0 Å². The highest BCUT2D eigenvalue weighted by Crippen LogP contribution is 1.99. The van der Waals surface area contributed by atoms with E-state index >= 15 is 0 Å². The van der Waals surface area contributed by atoms with Gasteiger partial charge in [-0.25, -0.2) is 5.01 Å². The van der Waals surface area contributed by atoms with Crippen LogP contribution >= 0.6 is 0 Å². The van der Waals surface area contributed by atoms with Crippen molar-refractivity contribution in [1.82, 2.24) is 10.4 Å². The molecule has 2 N–H and O–H groups in total. The van der Waals surface area contributed by atoms with Crippen molar-refractivity contribution in [2.24, 2.45) is 0 Å². The molecule has 0 fully saturated rings. The van der Waals surface area contributed by atoms with Crippen molar-refractivity contribution in [3.63, 3.8) is 0 Å². The number of hydrogen-bond acceptors (Lipinski definition) is 3. The molecule has 0 aliphatic carbocycles. The zero-order chi connectivity index (χ0) is 11.7. The van der Waals surface area contributed by atoms with Gasteiger partial charge >= 0.3 is 0 Å². The zero-order valence-corrected chi connectivity index (χ0v) is 10.2. The molecule has 0 bridgehead atoms. The molecule has 0 atom stereocenters. The normalized spacial score (nSPS) is 10.4. The maximum absolute atomic E-state index is 9.00. The largest absolute Gasteiger partial charge is 0.481 e. The Morgan fingerprint density at radius 1 is 1.29 bits per heavy atom. The first-order valence-electron chi connectivity index (χ1n) is 5.04. The van der Waals surface area contributed by atoms with Gasteiger partial charge in [0.15, 0.2) is 0 Å². The number of nitrogens with zero attached hydrogens (tertiary/aromatic N) is 1. The summed E-state index contributed by atoms with van der Waals surface area (Å²) in [6.45, 7) is 13.0. The number of carbonyl (C=O) groups is 1. The number of nitrogens with one attached hydrogen (secondary N) is 1. The number of carboxylic acid groups (broad SMARTS) is 1. The Labute approximate surface area is 87.3 Å². The Bertz CT molecular complexity index is 135. The molecular weight excluding hydrogens is 180 g/mol. The minimum atomic E-state index is -0.833. The predicted molar refractivity (Wildman–Crippen MR) is 59.1 cm³/mol. The summed E-state index contributed by atoms with van der Waals surface area (Å²) in [7, 11) is 0. The summed E-state index contributed by atoms with van der Waals surface area (Å²) >= 11 is 0. The molecule has 0 saturated heterocycles. The third kappa shape index (κ3) is 11.4. The van der Waals surface area contributed by atoms with E-state index in [4.69, 9.17) is 9.90 Å². The fourth-order valence-corrected chi connectivity index (χ4v) is 1.14. The molecular formula is C10H24N2O2. The van der Waals surface area contributed by atoms with Crippen LogP contribution in [0, 0.1) is 0 Å². The van der Waals surface area contributed by atoms with Gasteiger partial charge in [-0.3, -0.25) is 10.2 Å². The van der Waals surface area contributed by atoms with Gasteiger partial charge in [0.2, 0.25) is 0 Å². The molecule has 0 amide bonds. The Balaban J connectivity index is 0. The van der Waals surface area contributed by atoms with Gasteiger partial charge in [-0.15, -0.1) is 0 Å². The third-order valence-corrected chi connectivity index (χ3v) is 1.45. The van der Waals surface area contributed by atoms with Gasteiger partial charge in [0, 0.05) is 25.6 Å². The Morgan fingerprint density at radius 3 is 1.64 bits per heavy atom. The van der Waals surface area contributed by atoms with Crippen LogP contribution in [0.5, 0.6) is 0 Å². The van der Waals surface area contributed by atoms with Crippen molar-refractivity contribution < 1.29 is 9.90 Å². The van der Waals surface area contributed by atoms with Crippen LogP contribution in [0.3, 0.4) is 0 Å². The molecule has 0 aliphatic heterocycles. The molecule has 4 nitrogen and oxygen atoms in total. The average molecular weight is 204 g/mol. The van der Waals surface area contributed by atoms with E-state index in [1.54, 1.807) is 0 Å². The lowest BCUT2D eigenvalue weighted by Gasteiger charge is -2.30. The van der Waals surface area contributed by atoms with Crippen molar-refractivity contribution in [2.75, 3.05) is 6.54 Å². The first-order valence-corrected chi connectivity index (χ1v) is 5.04. The standard InChI is InChI=1S/C8H20N2.C2H4O2/c1-6-9-10(7(2)3)8(4)5;1-2(3)4/h7-9H,6H2,1-5H3;1H3,(H,3,4). The number of rotatable bonds is 4. The second kappa shape index (κ2) is 8.97. The van der Waals surface area contributed by atoms with Gasteiger partial charge in [0.1, 0.15) is 0 Å². The monoisotopic (exact) mass is 204 g/mol. The van der Waals surface area contributed by atoms with E-state index < -0.39 is 5.97 Å². The molecule has 4 heteroatoms. The molecule has 0 unspecified atom stereocenters. The summed E-state index contributed by atoms with van der Waals surface area (Å²) in [6.07, 6.45) is 0. The highest BCUT2D eigenvalue weighted by molar-refractivity contribution is 5.62. The van der Waals surface area contributed by atoms with Gasteiger partial charge in [0.05, 0.1) is 0 Å². The molecule has 0 rings (SSSR count). The lowest BCUT2D eigenvalue weighted by Crippen LogP contribution is -2.47. The van der Waals surface area contributed by atoms with Crippen molar-refractivity contribution in [2.45, 2.75) is 53.6 Å². The van der Waals surface area contributed by atoms with E-state index in [-0.39, 0.29) is 0 Å². The molecule has 0 aromatic heterocycles. The van der Waals surface area contributed by atoms with E-state index in [9.17, 15) is 0 Å². The van der Waals surface area contributed by atoms with Crippen molar-refractivity contribution in [3.05, 3.63) is 0 Å². The molecule has 0 saturated carbocycles. The maximum Gasteiger partial charge on any atom is 0.300 e. The fourth-order valence-electron chi connectivity index (χ4n) is 1.14. The van der Waals surface area contributed by atoms with Crippen LogP contribution in [-0.4, -0.2) is 34.7 Å². The molecule has 86 valence electrons. The molecule has 0 spiro atoms. The Kier molecular flexibility index (Phi) is 10.1. The van der Waals surface area contributed by atoms with E-state index in [2.05, 4.69) is 45.1 Å². The van der Waals surface area contributed by atoms with Gasteiger partial charge in [-0.05, 0) is 27.7 Å². The number of aliphatic carboxylic acids is 1. The number of carboxylic acids is 1. The van der Waals surface area contributed by atoms with Gasteiger partial charge in [0.25, 0.3) is 5.97 Å². The SMILES string of the molecule is CC(=O)O.CCNN(C(C)C)C(C)C. The summed E-state index contributed by atoms with van der Waals surface area (Å²) in [4.78, 5) is 9.00. The Morgan fingerprint density at radius 2 is 1.57 bits per heavy atom. The smallest absolute Gasteiger partial charge is 0.300 e. The number of hydrogen-bond donors (Lipinski definition) is 2. The van der Waals surface area contributed by atoms with Crippen LogP contribution in [0.2, 0.25) is 0 Å². The van der Waals surface area contributed by atoms with Gasteiger partial charge < -0.3 is 5.11 Å². The molecule has 0 aromatic carbocycles. The highest BCUT2D eigenvalue weighted by Gasteiger charge is 2.10. The topological polar surface area (TPSA) is 52.6 Å². The fraction of sp³-hybridized carbons (Fsp3) is 0.900. The first-order chi connectivity index (χ1) is 6.32. The van der Waals surface area contributed by atoms with E-state index in [0.29, 0.717) is 12.1 Å². The molecule has 0 aliphatic rings. The van der Waals surface area contributed by atoms with Crippen LogP contribution in [0.1, 0.15) is 41.5 Å². The maximum atomic E-state index is 9.00. The van der Waals surface area contributed by atoms with E-state index in [0.717, 1.165) is 13.5 Å². The van der Waals surface area contributed by atoms with Crippen LogP contribution < -0.4 is 5.43 Å². The minimum absolute atomic E-state index is 0.583. The molecule has 14 heavy (non-hydrogen) atoms. The van der Waals surface area contributed by atoms with Gasteiger partial charge in [-0.1, -0.05) is 6.92 Å². The van der Waals surface area contributed by atoms with Crippen molar-refractivity contribution in [1.29, 1.82) is 0 Å². The van der Waals surface area contributed by atoms with Crippen LogP contribution in [-0.2, 0) is 4.79 Å². The summed E-state index contributed by atoms with van der Waals surface area (Å²) in [5.41, 5.74) is 3.31. The van der Waals surface area contributed by atoms with Crippen molar-refractivity contribution >= 4 is 5.97 Å². The molecule has 0 radical (unpaired) electrons. The second-order valence-electron chi connectivity index (χ2n) is 3.63. The van der Waals surface area contributed by atoms with Crippen LogP contribution in [0.15, 0.2) is 0 Å². The third-order valence-electron chi connectivity index (χ3n) is 1.45. The summed E-state index contributed by atoms with van der Waals surface area (Å²) < 4.78 is 0. The number of hydrazine groups is 1. The summed E-state index contributed by atoms with van der Waals surface area (Å²) in [6, 6.07) is 1.17. The lowest BCUT2D eigenvalue weighted by atomic mass is 10.3. The van der Waals surface area contributed by atoms with Crippen molar-refractivity contribution in [3.8, 4) is 0 Å².